The molecule has 10 heteroatoms. The Balaban J connectivity index is 1.89. The lowest BCUT2D eigenvalue weighted by molar-refractivity contribution is 0.0227. The summed E-state index contributed by atoms with van der Waals surface area (Å²) < 4.78 is 11.0. The zero-order valence-electron chi connectivity index (χ0n) is 22.5. The number of amides is 3. The molecule has 0 spiro atoms. The Bertz CT molecular complexity index is 987. The third-order valence-electron chi connectivity index (χ3n) is 5.86. The zero-order chi connectivity index (χ0) is 26.3. The van der Waals surface area contributed by atoms with Crippen LogP contribution in [0.2, 0.25) is 0 Å². The number of hydrogen-bond donors (Lipinski definition) is 0. The number of ether oxygens (including phenoxy) is 2. The lowest BCUT2D eigenvalue weighted by atomic mass is 10.1. The number of hydrogen-bond acceptors (Lipinski definition) is 8. The molecule has 1 saturated heterocycles. The van der Waals surface area contributed by atoms with Crippen LogP contribution in [0.5, 0.6) is 0 Å². The molecule has 0 aromatic carbocycles. The van der Waals surface area contributed by atoms with Crippen molar-refractivity contribution in [2.24, 2.45) is 0 Å². The molecule has 2 aliphatic rings. The normalized spacial score (nSPS) is 16.5. The Labute approximate surface area is 208 Å². The lowest BCUT2D eigenvalue weighted by Crippen LogP contribution is -2.50. The summed E-state index contributed by atoms with van der Waals surface area (Å²) in [5.41, 5.74) is -0.114. The van der Waals surface area contributed by atoms with Gasteiger partial charge in [0.1, 0.15) is 22.8 Å². The minimum absolute atomic E-state index is 0.101. The average molecular weight is 490 g/mol. The Kier molecular flexibility index (Phi) is 7.24. The number of piperazine rings is 1. The second-order valence-electron chi connectivity index (χ2n) is 11.4. The van der Waals surface area contributed by atoms with Gasteiger partial charge in [-0.15, -0.1) is 0 Å². The molecule has 35 heavy (non-hydrogen) atoms. The molecule has 0 bridgehead atoms. The van der Waals surface area contributed by atoms with Gasteiger partial charge in [0.15, 0.2) is 0 Å². The van der Waals surface area contributed by atoms with Gasteiger partial charge in [0.05, 0.1) is 12.1 Å². The van der Waals surface area contributed by atoms with Crippen LogP contribution in [0.25, 0.3) is 0 Å². The number of imide groups is 1. The summed E-state index contributed by atoms with van der Waals surface area (Å²) in [5, 5.41) is 0. The Hall–Kier alpha value is -3.04. The van der Waals surface area contributed by atoms with Gasteiger partial charge in [-0.05, 0) is 61.5 Å². The van der Waals surface area contributed by atoms with Gasteiger partial charge in [0, 0.05) is 44.8 Å². The maximum atomic E-state index is 13.3. The maximum Gasteiger partial charge on any atom is 0.417 e. The van der Waals surface area contributed by atoms with Crippen LogP contribution in [0.3, 0.4) is 0 Å². The van der Waals surface area contributed by atoms with Crippen molar-refractivity contribution < 1.29 is 23.9 Å². The van der Waals surface area contributed by atoms with Gasteiger partial charge in [-0.3, -0.25) is 4.79 Å². The van der Waals surface area contributed by atoms with E-state index in [-0.39, 0.29) is 24.6 Å². The number of fused-ring (bicyclic) bond motifs is 1. The van der Waals surface area contributed by atoms with Gasteiger partial charge in [-0.1, -0.05) is 0 Å². The fourth-order valence-electron chi connectivity index (χ4n) is 3.87. The van der Waals surface area contributed by atoms with E-state index in [1.54, 1.807) is 31.7 Å². The third kappa shape index (κ3) is 6.15. The second-order valence-corrected chi connectivity index (χ2v) is 11.4. The van der Waals surface area contributed by atoms with Crippen molar-refractivity contribution >= 4 is 29.7 Å². The van der Waals surface area contributed by atoms with Crippen LogP contribution in [-0.2, 0) is 16.0 Å². The monoisotopic (exact) mass is 489 g/mol. The molecule has 0 atom stereocenters. The molecule has 2 aliphatic heterocycles. The predicted octanol–water partition coefficient (Wildman–Crippen LogP) is 3.87. The second kappa shape index (κ2) is 9.54. The Morgan fingerprint density at radius 2 is 1.51 bits per heavy atom. The summed E-state index contributed by atoms with van der Waals surface area (Å²) in [4.78, 5) is 50.3. The van der Waals surface area contributed by atoms with Crippen LogP contribution in [0, 0.1) is 0 Å². The summed E-state index contributed by atoms with van der Waals surface area (Å²) in [6.07, 6.45) is -1.01. The van der Waals surface area contributed by atoms with Crippen molar-refractivity contribution in [2.75, 3.05) is 43.0 Å². The van der Waals surface area contributed by atoms with Crippen LogP contribution >= 0.6 is 0 Å². The number of aromatic nitrogens is 1. The SMILES string of the molecule is CC(C)N(C)c1cc2c(c(N3CCN(C(=O)OC(C)(C)C)CC3)n1)CN(C(=O)OC(C)(C)C)C2=O. The van der Waals surface area contributed by atoms with Gasteiger partial charge in [0.25, 0.3) is 5.91 Å². The van der Waals surface area contributed by atoms with Gasteiger partial charge >= 0.3 is 12.2 Å². The number of carbonyl (C=O) groups is 3. The van der Waals surface area contributed by atoms with Gasteiger partial charge in [0.2, 0.25) is 0 Å². The minimum Gasteiger partial charge on any atom is -0.444 e. The molecular formula is C25H39N5O5. The highest BCUT2D eigenvalue weighted by atomic mass is 16.6. The maximum absolute atomic E-state index is 13.3. The van der Waals surface area contributed by atoms with Crippen LogP contribution < -0.4 is 9.80 Å². The first-order valence-corrected chi connectivity index (χ1v) is 12.1. The van der Waals surface area contributed by atoms with Crippen molar-refractivity contribution in [3.63, 3.8) is 0 Å². The molecule has 0 radical (unpaired) electrons. The smallest absolute Gasteiger partial charge is 0.417 e. The third-order valence-corrected chi connectivity index (χ3v) is 5.86. The minimum atomic E-state index is -0.714. The van der Waals surface area contributed by atoms with E-state index in [1.807, 2.05) is 46.6 Å². The summed E-state index contributed by atoms with van der Waals surface area (Å²) >= 11 is 0. The van der Waals surface area contributed by atoms with Gasteiger partial charge < -0.3 is 24.2 Å². The van der Waals surface area contributed by atoms with Crippen LogP contribution in [0.4, 0.5) is 21.2 Å². The van der Waals surface area contributed by atoms with E-state index in [0.29, 0.717) is 48.9 Å². The van der Waals surface area contributed by atoms with Gasteiger partial charge in [-0.25, -0.2) is 19.5 Å². The topological polar surface area (TPSA) is 95.5 Å². The van der Waals surface area contributed by atoms with E-state index >= 15 is 0 Å². The molecule has 1 aromatic rings. The summed E-state index contributed by atoms with van der Waals surface area (Å²) in [7, 11) is 1.93. The first kappa shape index (κ1) is 26.6. The summed E-state index contributed by atoms with van der Waals surface area (Å²) in [6, 6.07) is 1.92. The van der Waals surface area contributed by atoms with Gasteiger partial charge in [-0.2, -0.15) is 0 Å². The Morgan fingerprint density at radius 3 is 2.03 bits per heavy atom. The first-order chi connectivity index (χ1) is 16.1. The van der Waals surface area contributed by atoms with E-state index < -0.39 is 17.3 Å². The number of nitrogens with zero attached hydrogens (tertiary/aromatic N) is 5. The molecule has 3 amide bonds. The highest BCUT2D eigenvalue weighted by molar-refractivity contribution is 6.08. The lowest BCUT2D eigenvalue weighted by Gasteiger charge is -2.37. The fourth-order valence-corrected chi connectivity index (χ4v) is 3.87. The number of carbonyl (C=O) groups excluding carboxylic acids is 3. The number of rotatable bonds is 3. The van der Waals surface area contributed by atoms with E-state index in [9.17, 15) is 14.4 Å². The first-order valence-electron chi connectivity index (χ1n) is 12.1. The van der Waals surface area contributed by atoms with Crippen LogP contribution in [0.15, 0.2) is 6.07 Å². The molecule has 0 aliphatic carbocycles. The number of pyridine rings is 1. The largest absolute Gasteiger partial charge is 0.444 e. The number of anilines is 2. The van der Waals surface area contributed by atoms with E-state index in [1.165, 1.54) is 0 Å². The van der Waals surface area contributed by atoms with Crippen molar-refractivity contribution in [1.29, 1.82) is 0 Å². The van der Waals surface area contributed by atoms with Crippen molar-refractivity contribution in [2.45, 2.75) is 79.2 Å². The highest BCUT2D eigenvalue weighted by Crippen LogP contribution is 2.35. The van der Waals surface area contributed by atoms with Crippen molar-refractivity contribution in [1.82, 2.24) is 14.8 Å². The molecule has 10 nitrogen and oxygen atoms in total. The molecule has 3 heterocycles. The Morgan fingerprint density at radius 1 is 0.971 bits per heavy atom. The summed E-state index contributed by atoms with van der Waals surface area (Å²) in [5.74, 6) is 0.930. The van der Waals surface area contributed by atoms with Crippen molar-refractivity contribution in [3.05, 3.63) is 17.2 Å². The van der Waals surface area contributed by atoms with E-state index in [0.717, 1.165) is 4.90 Å². The van der Waals surface area contributed by atoms with Crippen LogP contribution in [-0.4, -0.2) is 83.3 Å². The van der Waals surface area contributed by atoms with E-state index in [4.69, 9.17) is 14.5 Å². The molecule has 1 aromatic heterocycles. The molecule has 0 N–H and O–H groups in total. The molecule has 1 fully saturated rings. The van der Waals surface area contributed by atoms with Crippen LogP contribution in [0.1, 0.15) is 71.3 Å². The average Bonchev–Trinajstić information content (AvgIpc) is 3.07. The quantitative estimate of drug-likeness (QED) is 0.631. The molecular weight excluding hydrogens is 450 g/mol. The molecule has 0 saturated carbocycles. The standard InChI is InChI=1S/C25H39N5O5/c1-16(2)27(9)19-14-17-18(15-30(21(17)31)23(33)35-25(6,7)8)20(26-19)28-10-12-29(13-11-28)22(32)34-24(3,4)5/h14,16H,10-13,15H2,1-9H3. The predicted molar refractivity (Wildman–Crippen MR) is 134 cm³/mol. The highest BCUT2D eigenvalue weighted by Gasteiger charge is 2.39. The van der Waals surface area contributed by atoms with Crippen molar-refractivity contribution in [3.8, 4) is 0 Å². The molecule has 0 unspecified atom stereocenters. The molecule has 3 rings (SSSR count). The zero-order valence-corrected chi connectivity index (χ0v) is 22.5. The fraction of sp³-hybridized carbons (Fsp3) is 0.680. The molecule has 194 valence electrons. The summed E-state index contributed by atoms with van der Waals surface area (Å²) in [6.45, 7) is 17.0. The van der Waals surface area contributed by atoms with E-state index in [2.05, 4.69) is 4.90 Å².